The molecule has 2 heterocycles. The third-order valence-corrected chi connectivity index (χ3v) is 4.14. The van der Waals surface area contributed by atoms with Crippen LogP contribution in [0.15, 0.2) is 12.3 Å². The summed E-state index contributed by atoms with van der Waals surface area (Å²) in [6, 6.07) is 2.38. The van der Waals surface area contributed by atoms with Gasteiger partial charge in [0.1, 0.15) is 0 Å². The SMILES string of the molecule is CCC1(C(=O)O)CCN(Cc2ccn(C(C)C)n2)C1. The van der Waals surface area contributed by atoms with Crippen molar-refractivity contribution in [3.05, 3.63) is 18.0 Å². The molecule has 0 aromatic carbocycles. The first-order chi connectivity index (χ1) is 8.97. The summed E-state index contributed by atoms with van der Waals surface area (Å²) in [4.78, 5) is 13.6. The van der Waals surface area contributed by atoms with Gasteiger partial charge in [-0.25, -0.2) is 0 Å². The normalized spacial score (nSPS) is 24.2. The second-order valence-electron chi connectivity index (χ2n) is 5.78. The van der Waals surface area contributed by atoms with Crippen LogP contribution in [-0.4, -0.2) is 38.8 Å². The van der Waals surface area contributed by atoms with E-state index in [1.165, 1.54) is 0 Å². The van der Waals surface area contributed by atoms with Crippen molar-refractivity contribution >= 4 is 5.97 Å². The number of likely N-dealkylation sites (tertiary alicyclic amines) is 1. The monoisotopic (exact) mass is 265 g/mol. The maximum atomic E-state index is 11.4. The maximum Gasteiger partial charge on any atom is 0.310 e. The fourth-order valence-electron chi connectivity index (χ4n) is 2.69. The first-order valence-corrected chi connectivity index (χ1v) is 6.96. The molecule has 1 atom stereocenters. The quantitative estimate of drug-likeness (QED) is 0.886. The van der Waals surface area contributed by atoms with Gasteiger partial charge in [0.05, 0.1) is 11.1 Å². The molecule has 0 radical (unpaired) electrons. The predicted octanol–water partition coefficient (Wildman–Crippen LogP) is 2.15. The number of carbonyl (C=O) groups is 1. The Morgan fingerprint density at radius 2 is 2.32 bits per heavy atom. The molecule has 1 aromatic rings. The van der Waals surface area contributed by atoms with Crippen molar-refractivity contribution in [2.24, 2.45) is 5.41 Å². The Kier molecular flexibility index (Phi) is 3.94. The first-order valence-electron chi connectivity index (χ1n) is 6.96. The van der Waals surface area contributed by atoms with E-state index in [4.69, 9.17) is 0 Å². The van der Waals surface area contributed by atoms with E-state index in [9.17, 15) is 9.90 Å². The van der Waals surface area contributed by atoms with Gasteiger partial charge in [-0.2, -0.15) is 5.10 Å². The Labute approximate surface area is 114 Å². The number of nitrogens with zero attached hydrogens (tertiary/aromatic N) is 3. The summed E-state index contributed by atoms with van der Waals surface area (Å²) in [7, 11) is 0. The van der Waals surface area contributed by atoms with Crippen LogP contribution in [0.4, 0.5) is 0 Å². The second-order valence-corrected chi connectivity index (χ2v) is 5.78. The fourth-order valence-corrected chi connectivity index (χ4v) is 2.69. The Hall–Kier alpha value is -1.36. The lowest BCUT2D eigenvalue weighted by atomic mass is 9.84. The minimum atomic E-state index is -0.662. The van der Waals surface area contributed by atoms with Crippen LogP contribution in [-0.2, 0) is 11.3 Å². The van der Waals surface area contributed by atoms with Gasteiger partial charge in [0.2, 0.25) is 0 Å². The van der Waals surface area contributed by atoms with Gasteiger partial charge in [-0.1, -0.05) is 6.92 Å². The molecule has 0 spiro atoms. The highest BCUT2D eigenvalue weighted by Crippen LogP contribution is 2.34. The molecular weight excluding hydrogens is 242 g/mol. The third kappa shape index (κ3) is 2.81. The van der Waals surface area contributed by atoms with Crippen LogP contribution < -0.4 is 0 Å². The Morgan fingerprint density at radius 3 is 2.79 bits per heavy atom. The standard InChI is InChI=1S/C14H23N3O2/c1-4-14(13(18)19)6-8-16(10-14)9-12-5-7-17(15-12)11(2)3/h5,7,11H,4,6,8-10H2,1-3H3,(H,18,19). The summed E-state index contributed by atoms with van der Waals surface area (Å²) in [6.07, 6.45) is 3.42. The molecule has 0 amide bonds. The molecule has 1 aromatic heterocycles. The van der Waals surface area contributed by atoms with Crippen LogP contribution >= 0.6 is 0 Å². The lowest BCUT2D eigenvalue weighted by molar-refractivity contribution is -0.148. The predicted molar refractivity (Wildman–Crippen MR) is 72.9 cm³/mol. The van der Waals surface area contributed by atoms with Crippen LogP contribution in [0.3, 0.4) is 0 Å². The highest BCUT2D eigenvalue weighted by molar-refractivity contribution is 5.75. The number of hydrogen-bond donors (Lipinski definition) is 1. The minimum absolute atomic E-state index is 0.362. The van der Waals surface area contributed by atoms with E-state index in [0.717, 1.165) is 25.2 Å². The van der Waals surface area contributed by atoms with E-state index in [1.54, 1.807) is 0 Å². The zero-order chi connectivity index (χ0) is 14.0. The number of aromatic nitrogens is 2. The van der Waals surface area contributed by atoms with Gasteiger partial charge in [0.25, 0.3) is 0 Å². The molecule has 1 unspecified atom stereocenters. The van der Waals surface area contributed by atoms with Crippen molar-refractivity contribution in [2.45, 2.75) is 46.2 Å². The van der Waals surface area contributed by atoms with Gasteiger partial charge >= 0.3 is 5.97 Å². The molecule has 1 N–H and O–H groups in total. The highest BCUT2D eigenvalue weighted by Gasteiger charge is 2.43. The lowest BCUT2D eigenvalue weighted by Crippen LogP contribution is -2.33. The van der Waals surface area contributed by atoms with Crippen LogP contribution in [0.1, 0.15) is 45.3 Å². The molecule has 5 nitrogen and oxygen atoms in total. The lowest BCUT2D eigenvalue weighted by Gasteiger charge is -2.22. The Bertz CT molecular complexity index is 455. The topological polar surface area (TPSA) is 58.4 Å². The van der Waals surface area contributed by atoms with E-state index < -0.39 is 11.4 Å². The van der Waals surface area contributed by atoms with Crippen LogP contribution in [0, 0.1) is 5.41 Å². The molecule has 5 heteroatoms. The number of aliphatic carboxylic acids is 1. The van der Waals surface area contributed by atoms with Gasteiger partial charge in [0.15, 0.2) is 0 Å². The fraction of sp³-hybridized carbons (Fsp3) is 0.714. The summed E-state index contributed by atoms with van der Waals surface area (Å²) >= 11 is 0. The molecule has 0 aliphatic carbocycles. The number of rotatable bonds is 5. The minimum Gasteiger partial charge on any atom is -0.481 e. The molecule has 0 saturated carbocycles. The van der Waals surface area contributed by atoms with Gasteiger partial charge in [0, 0.05) is 25.3 Å². The molecule has 106 valence electrons. The number of carboxylic acid groups (broad SMARTS) is 1. The van der Waals surface area contributed by atoms with Crippen molar-refractivity contribution < 1.29 is 9.90 Å². The zero-order valence-electron chi connectivity index (χ0n) is 12.0. The highest BCUT2D eigenvalue weighted by atomic mass is 16.4. The summed E-state index contributed by atoms with van der Waals surface area (Å²) in [5.41, 5.74) is 0.464. The molecular formula is C14H23N3O2. The van der Waals surface area contributed by atoms with Crippen LogP contribution in [0.25, 0.3) is 0 Å². The number of hydrogen-bond acceptors (Lipinski definition) is 3. The Morgan fingerprint density at radius 1 is 1.58 bits per heavy atom. The van der Waals surface area contributed by atoms with E-state index in [-0.39, 0.29) is 0 Å². The molecule has 1 saturated heterocycles. The van der Waals surface area contributed by atoms with E-state index in [1.807, 2.05) is 23.9 Å². The smallest absolute Gasteiger partial charge is 0.310 e. The van der Waals surface area contributed by atoms with Crippen LogP contribution in [0.2, 0.25) is 0 Å². The number of carboxylic acids is 1. The van der Waals surface area contributed by atoms with E-state index in [2.05, 4.69) is 23.8 Å². The van der Waals surface area contributed by atoms with E-state index >= 15 is 0 Å². The molecule has 2 rings (SSSR count). The van der Waals surface area contributed by atoms with Crippen molar-refractivity contribution in [2.75, 3.05) is 13.1 Å². The molecule has 1 aliphatic heterocycles. The first kappa shape index (κ1) is 14.1. The van der Waals surface area contributed by atoms with Crippen LogP contribution in [0.5, 0.6) is 0 Å². The summed E-state index contributed by atoms with van der Waals surface area (Å²) in [6.45, 7) is 8.38. The Balaban J connectivity index is 1.99. The summed E-state index contributed by atoms with van der Waals surface area (Å²) < 4.78 is 1.94. The molecule has 1 fully saturated rings. The van der Waals surface area contributed by atoms with Crippen molar-refractivity contribution in [1.82, 2.24) is 14.7 Å². The van der Waals surface area contributed by atoms with Crippen molar-refractivity contribution in [3.8, 4) is 0 Å². The van der Waals surface area contributed by atoms with E-state index in [0.29, 0.717) is 19.0 Å². The average Bonchev–Trinajstić information content (AvgIpc) is 2.97. The van der Waals surface area contributed by atoms with Gasteiger partial charge in [-0.05, 0) is 39.3 Å². The average molecular weight is 265 g/mol. The second kappa shape index (κ2) is 5.33. The molecule has 0 bridgehead atoms. The molecule has 19 heavy (non-hydrogen) atoms. The largest absolute Gasteiger partial charge is 0.481 e. The summed E-state index contributed by atoms with van der Waals surface area (Å²) in [5.74, 6) is -0.662. The summed E-state index contributed by atoms with van der Waals surface area (Å²) in [5, 5.41) is 13.9. The van der Waals surface area contributed by atoms with Crippen molar-refractivity contribution in [1.29, 1.82) is 0 Å². The maximum absolute atomic E-state index is 11.4. The zero-order valence-corrected chi connectivity index (χ0v) is 12.0. The van der Waals surface area contributed by atoms with Gasteiger partial charge in [-0.15, -0.1) is 0 Å². The van der Waals surface area contributed by atoms with Gasteiger partial charge in [-0.3, -0.25) is 14.4 Å². The van der Waals surface area contributed by atoms with Crippen molar-refractivity contribution in [3.63, 3.8) is 0 Å². The third-order valence-electron chi connectivity index (χ3n) is 4.14. The van der Waals surface area contributed by atoms with Gasteiger partial charge < -0.3 is 5.11 Å². The molecule has 1 aliphatic rings.